The Labute approximate surface area is 150 Å². The zero-order chi connectivity index (χ0) is 16.9. The van der Waals surface area contributed by atoms with Gasteiger partial charge in [-0.3, -0.25) is 4.79 Å². The van der Waals surface area contributed by atoms with Crippen LogP contribution in [0.5, 0.6) is 0 Å². The lowest BCUT2D eigenvalue weighted by molar-refractivity contribution is -0.115. The van der Waals surface area contributed by atoms with E-state index < -0.39 is 0 Å². The fourth-order valence-electron chi connectivity index (χ4n) is 2.73. The standard InChI is InChI=1S/C18H21BrN4O/c1-22-7-9-23(10-8-22)16-5-6-17(20-13-16)21-18(24)12-14-3-2-4-15(19)11-14/h2-6,11,13H,7-10,12H2,1H3,(H,20,21,24). The van der Waals surface area contributed by atoms with E-state index in [2.05, 4.69) is 43.1 Å². The maximum Gasteiger partial charge on any atom is 0.229 e. The number of benzene rings is 1. The fourth-order valence-corrected chi connectivity index (χ4v) is 3.18. The van der Waals surface area contributed by atoms with Crippen molar-refractivity contribution in [3.05, 3.63) is 52.6 Å². The predicted octanol–water partition coefficient (Wildman–Crippen LogP) is 2.78. The summed E-state index contributed by atoms with van der Waals surface area (Å²) in [5, 5.41) is 2.85. The van der Waals surface area contributed by atoms with Gasteiger partial charge in [0.15, 0.2) is 0 Å². The van der Waals surface area contributed by atoms with Crippen LogP contribution in [0.25, 0.3) is 0 Å². The van der Waals surface area contributed by atoms with Crippen molar-refractivity contribution < 1.29 is 4.79 Å². The Hall–Kier alpha value is -1.92. The highest BCUT2D eigenvalue weighted by molar-refractivity contribution is 9.10. The molecule has 1 aliphatic rings. The van der Waals surface area contributed by atoms with Crippen LogP contribution in [0.4, 0.5) is 11.5 Å². The number of likely N-dealkylation sites (N-methyl/N-ethyl adjacent to an activating group) is 1. The summed E-state index contributed by atoms with van der Waals surface area (Å²) in [7, 11) is 2.14. The molecule has 1 aromatic heterocycles. The topological polar surface area (TPSA) is 48.5 Å². The van der Waals surface area contributed by atoms with Gasteiger partial charge in [0.1, 0.15) is 5.82 Å². The number of rotatable bonds is 4. The molecule has 2 aromatic rings. The molecular formula is C18H21BrN4O. The van der Waals surface area contributed by atoms with Gasteiger partial charge in [-0.15, -0.1) is 0 Å². The van der Waals surface area contributed by atoms with Gasteiger partial charge in [-0.1, -0.05) is 28.1 Å². The number of nitrogens with zero attached hydrogens (tertiary/aromatic N) is 3. The molecule has 1 aromatic carbocycles. The summed E-state index contributed by atoms with van der Waals surface area (Å²) in [6.45, 7) is 4.13. The molecule has 1 aliphatic heterocycles. The van der Waals surface area contributed by atoms with Crippen LogP contribution in [0, 0.1) is 0 Å². The SMILES string of the molecule is CN1CCN(c2ccc(NC(=O)Cc3cccc(Br)c3)nc2)CC1. The molecule has 1 amide bonds. The molecule has 0 radical (unpaired) electrons. The van der Waals surface area contributed by atoms with Crippen molar-refractivity contribution >= 4 is 33.3 Å². The van der Waals surface area contributed by atoms with Crippen molar-refractivity contribution in [2.45, 2.75) is 6.42 Å². The average molecular weight is 389 g/mol. The summed E-state index contributed by atoms with van der Waals surface area (Å²) in [6.07, 6.45) is 2.17. The van der Waals surface area contributed by atoms with Gasteiger partial charge in [0.05, 0.1) is 18.3 Å². The normalized spacial score (nSPS) is 15.3. The molecule has 6 heteroatoms. The zero-order valence-electron chi connectivity index (χ0n) is 13.7. The highest BCUT2D eigenvalue weighted by Crippen LogP contribution is 2.17. The number of carbonyl (C=O) groups excluding carboxylic acids is 1. The second-order valence-electron chi connectivity index (χ2n) is 6.05. The number of aromatic nitrogens is 1. The van der Waals surface area contributed by atoms with E-state index in [0.29, 0.717) is 12.2 Å². The summed E-state index contributed by atoms with van der Waals surface area (Å²) >= 11 is 3.42. The average Bonchev–Trinajstić information content (AvgIpc) is 2.56. The molecule has 0 aliphatic carbocycles. The summed E-state index contributed by atoms with van der Waals surface area (Å²) in [6, 6.07) is 11.6. The van der Waals surface area contributed by atoms with E-state index in [9.17, 15) is 4.79 Å². The summed E-state index contributed by atoms with van der Waals surface area (Å²) in [5.41, 5.74) is 2.07. The van der Waals surface area contributed by atoms with Crippen molar-refractivity contribution in [3.8, 4) is 0 Å². The lowest BCUT2D eigenvalue weighted by Gasteiger charge is -2.33. The highest BCUT2D eigenvalue weighted by Gasteiger charge is 2.14. The minimum Gasteiger partial charge on any atom is -0.368 e. The number of piperazine rings is 1. The Bertz CT molecular complexity index is 696. The number of amides is 1. The van der Waals surface area contributed by atoms with E-state index in [1.165, 1.54) is 0 Å². The molecule has 3 rings (SSSR count). The van der Waals surface area contributed by atoms with Crippen LogP contribution >= 0.6 is 15.9 Å². The first-order chi connectivity index (χ1) is 11.6. The maximum atomic E-state index is 12.1. The van der Waals surface area contributed by atoms with Crippen molar-refractivity contribution in [3.63, 3.8) is 0 Å². The quantitative estimate of drug-likeness (QED) is 0.874. The van der Waals surface area contributed by atoms with Crippen LogP contribution in [-0.4, -0.2) is 49.0 Å². The smallest absolute Gasteiger partial charge is 0.229 e. The molecule has 1 saturated heterocycles. The van der Waals surface area contributed by atoms with E-state index >= 15 is 0 Å². The van der Waals surface area contributed by atoms with Gasteiger partial charge in [0.25, 0.3) is 0 Å². The molecule has 0 unspecified atom stereocenters. The van der Waals surface area contributed by atoms with E-state index in [0.717, 1.165) is 41.9 Å². The Morgan fingerprint density at radius 2 is 2.00 bits per heavy atom. The molecule has 5 nitrogen and oxygen atoms in total. The van der Waals surface area contributed by atoms with Gasteiger partial charge >= 0.3 is 0 Å². The molecular weight excluding hydrogens is 368 g/mol. The number of nitrogens with one attached hydrogen (secondary N) is 1. The molecule has 0 bridgehead atoms. The first-order valence-electron chi connectivity index (χ1n) is 8.04. The number of anilines is 2. The van der Waals surface area contributed by atoms with Crippen LogP contribution in [0.3, 0.4) is 0 Å². The highest BCUT2D eigenvalue weighted by atomic mass is 79.9. The largest absolute Gasteiger partial charge is 0.368 e. The number of halogens is 1. The predicted molar refractivity (Wildman–Crippen MR) is 100 cm³/mol. The van der Waals surface area contributed by atoms with E-state index in [-0.39, 0.29) is 5.91 Å². The van der Waals surface area contributed by atoms with Crippen molar-refractivity contribution in [2.75, 3.05) is 43.4 Å². The Morgan fingerprint density at radius 3 is 2.67 bits per heavy atom. The third-order valence-electron chi connectivity index (χ3n) is 4.14. The van der Waals surface area contributed by atoms with Gasteiger partial charge < -0.3 is 15.1 Å². The first-order valence-corrected chi connectivity index (χ1v) is 8.83. The minimum atomic E-state index is -0.0621. The summed E-state index contributed by atoms with van der Waals surface area (Å²) in [5.74, 6) is 0.529. The van der Waals surface area contributed by atoms with Crippen LogP contribution in [0.1, 0.15) is 5.56 Å². The molecule has 2 heterocycles. The monoisotopic (exact) mass is 388 g/mol. The summed E-state index contributed by atoms with van der Waals surface area (Å²) in [4.78, 5) is 21.1. The van der Waals surface area contributed by atoms with E-state index in [1.54, 1.807) is 0 Å². The first kappa shape index (κ1) is 16.9. The van der Waals surface area contributed by atoms with Gasteiger partial charge in [-0.05, 0) is 36.9 Å². The third kappa shape index (κ3) is 4.55. The second kappa shape index (κ2) is 7.77. The van der Waals surface area contributed by atoms with Crippen LogP contribution < -0.4 is 10.2 Å². The molecule has 0 saturated carbocycles. The molecule has 0 atom stereocenters. The van der Waals surface area contributed by atoms with Gasteiger partial charge in [-0.25, -0.2) is 4.98 Å². The summed E-state index contributed by atoms with van der Waals surface area (Å²) < 4.78 is 0.974. The van der Waals surface area contributed by atoms with Gasteiger partial charge in [0.2, 0.25) is 5.91 Å². The number of hydrogen-bond acceptors (Lipinski definition) is 4. The zero-order valence-corrected chi connectivity index (χ0v) is 15.3. The molecule has 1 N–H and O–H groups in total. The number of carbonyl (C=O) groups is 1. The molecule has 1 fully saturated rings. The maximum absolute atomic E-state index is 12.1. The van der Waals surface area contributed by atoms with E-state index in [1.807, 2.05) is 42.6 Å². The number of pyridine rings is 1. The Morgan fingerprint density at radius 1 is 1.21 bits per heavy atom. The van der Waals surface area contributed by atoms with Crippen LogP contribution in [-0.2, 0) is 11.2 Å². The number of hydrogen-bond donors (Lipinski definition) is 1. The van der Waals surface area contributed by atoms with Crippen molar-refractivity contribution in [2.24, 2.45) is 0 Å². The molecule has 0 spiro atoms. The Balaban J connectivity index is 1.56. The molecule has 24 heavy (non-hydrogen) atoms. The van der Waals surface area contributed by atoms with Crippen LogP contribution in [0.15, 0.2) is 47.1 Å². The van der Waals surface area contributed by atoms with Crippen LogP contribution in [0.2, 0.25) is 0 Å². The lowest BCUT2D eigenvalue weighted by Crippen LogP contribution is -2.44. The van der Waals surface area contributed by atoms with Gasteiger partial charge in [0, 0.05) is 30.7 Å². The minimum absolute atomic E-state index is 0.0621. The fraction of sp³-hybridized carbons (Fsp3) is 0.333. The van der Waals surface area contributed by atoms with Crippen molar-refractivity contribution in [1.82, 2.24) is 9.88 Å². The Kier molecular flexibility index (Phi) is 5.48. The second-order valence-corrected chi connectivity index (χ2v) is 6.96. The third-order valence-corrected chi connectivity index (χ3v) is 4.63. The molecule has 126 valence electrons. The van der Waals surface area contributed by atoms with Gasteiger partial charge in [-0.2, -0.15) is 0 Å². The van der Waals surface area contributed by atoms with Crippen molar-refractivity contribution in [1.29, 1.82) is 0 Å². The van der Waals surface area contributed by atoms with E-state index in [4.69, 9.17) is 0 Å². The lowest BCUT2D eigenvalue weighted by atomic mass is 10.1.